The minimum Gasteiger partial charge on any atom is -0.496 e. The largest absolute Gasteiger partial charge is 0.496 e. The van der Waals surface area contributed by atoms with E-state index in [0.717, 1.165) is 24.0 Å². The average Bonchev–Trinajstić information content (AvgIpc) is 3.48. The Labute approximate surface area is 167 Å². The zero-order chi connectivity index (χ0) is 19.7. The Morgan fingerprint density at radius 1 is 1.25 bits per heavy atom. The van der Waals surface area contributed by atoms with Gasteiger partial charge in [-0.1, -0.05) is 18.2 Å². The van der Waals surface area contributed by atoms with E-state index in [0.29, 0.717) is 16.6 Å². The summed E-state index contributed by atoms with van der Waals surface area (Å²) >= 11 is 5.28. The highest BCUT2D eigenvalue weighted by molar-refractivity contribution is 7.80. The van der Waals surface area contributed by atoms with Gasteiger partial charge in [0.05, 0.1) is 7.11 Å². The van der Waals surface area contributed by atoms with Crippen LogP contribution in [0.3, 0.4) is 0 Å². The molecule has 1 heterocycles. The standard InChI is InChI=1S/C21H19FN2O3S/c1-26-18-9-6-13(10-14(18)12-27-19-5-3-2-4-16(19)22)11-17-20(25)24(15-7-8-15)21(28)23-17/h2-6,9-11,15H,7-8,12H2,1H3,(H,23,28)/b17-11+. The number of methoxy groups -OCH3 is 1. The van der Waals surface area contributed by atoms with Crippen LogP contribution in [0.4, 0.5) is 4.39 Å². The van der Waals surface area contributed by atoms with Crippen molar-refractivity contribution in [1.29, 1.82) is 0 Å². The molecule has 0 radical (unpaired) electrons. The van der Waals surface area contributed by atoms with Gasteiger partial charge in [-0.05, 0) is 61.0 Å². The molecule has 0 atom stereocenters. The molecule has 28 heavy (non-hydrogen) atoms. The first-order chi connectivity index (χ1) is 13.6. The normalized spacial score (nSPS) is 17.8. The topological polar surface area (TPSA) is 50.8 Å². The van der Waals surface area contributed by atoms with Crippen molar-refractivity contribution < 1.29 is 18.7 Å². The highest BCUT2D eigenvalue weighted by Crippen LogP contribution is 2.31. The van der Waals surface area contributed by atoms with E-state index in [4.69, 9.17) is 21.7 Å². The number of para-hydroxylation sites is 1. The van der Waals surface area contributed by atoms with E-state index in [9.17, 15) is 9.18 Å². The number of hydrogen-bond donors (Lipinski definition) is 1. The number of nitrogens with one attached hydrogen (secondary N) is 1. The minimum absolute atomic E-state index is 0.104. The molecule has 4 rings (SSSR count). The predicted octanol–water partition coefficient (Wildman–Crippen LogP) is 3.63. The van der Waals surface area contributed by atoms with E-state index in [-0.39, 0.29) is 24.3 Å². The highest BCUT2D eigenvalue weighted by Gasteiger charge is 2.41. The van der Waals surface area contributed by atoms with Crippen molar-refractivity contribution in [2.24, 2.45) is 0 Å². The molecule has 1 saturated carbocycles. The van der Waals surface area contributed by atoms with Crippen LogP contribution in [0, 0.1) is 5.82 Å². The van der Waals surface area contributed by atoms with Gasteiger partial charge in [-0.2, -0.15) is 0 Å². The van der Waals surface area contributed by atoms with Gasteiger partial charge in [0.25, 0.3) is 5.91 Å². The van der Waals surface area contributed by atoms with Gasteiger partial charge in [0, 0.05) is 11.6 Å². The van der Waals surface area contributed by atoms with Crippen LogP contribution in [0.2, 0.25) is 0 Å². The monoisotopic (exact) mass is 398 g/mol. The van der Waals surface area contributed by atoms with Gasteiger partial charge in [-0.25, -0.2) is 4.39 Å². The van der Waals surface area contributed by atoms with Crippen LogP contribution >= 0.6 is 12.2 Å². The Hall–Kier alpha value is -2.93. The smallest absolute Gasteiger partial charge is 0.276 e. The molecule has 1 N–H and O–H groups in total. The number of halogens is 1. The molecule has 2 aliphatic rings. The van der Waals surface area contributed by atoms with Gasteiger partial charge in [0.2, 0.25) is 0 Å². The van der Waals surface area contributed by atoms with Crippen molar-refractivity contribution >= 4 is 29.3 Å². The molecule has 7 heteroatoms. The number of thiocarbonyl (C=S) groups is 1. The quantitative estimate of drug-likeness (QED) is 0.595. The third kappa shape index (κ3) is 3.71. The van der Waals surface area contributed by atoms with Crippen molar-refractivity contribution in [3.05, 3.63) is 65.1 Å². The first kappa shape index (κ1) is 18.4. The summed E-state index contributed by atoms with van der Waals surface area (Å²) < 4.78 is 24.8. The Balaban J connectivity index is 1.56. The highest BCUT2D eigenvalue weighted by atomic mass is 32.1. The Morgan fingerprint density at radius 3 is 2.75 bits per heavy atom. The molecule has 1 amide bonds. The fourth-order valence-corrected chi connectivity index (χ4v) is 3.44. The molecule has 2 aromatic rings. The van der Waals surface area contributed by atoms with E-state index in [2.05, 4.69) is 5.32 Å². The molecule has 1 aliphatic carbocycles. The summed E-state index contributed by atoms with van der Waals surface area (Å²) in [6, 6.07) is 11.9. The van der Waals surface area contributed by atoms with Crippen LogP contribution in [-0.4, -0.2) is 29.1 Å². The van der Waals surface area contributed by atoms with E-state index in [1.54, 1.807) is 42.4 Å². The van der Waals surface area contributed by atoms with Crippen LogP contribution in [0.1, 0.15) is 24.0 Å². The van der Waals surface area contributed by atoms with Crippen LogP contribution in [0.25, 0.3) is 6.08 Å². The van der Waals surface area contributed by atoms with Gasteiger partial charge < -0.3 is 14.8 Å². The van der Waals surface area contributed by atoms with Gasteiger partial charge in [-0.15, -0.1) is 0 Å². The third-order valence-corrected chi connectivity index (χ3v) is 4.96. The molecule has 0 unspecified atom stereocenters. The SMILES string of the molecule is COc1ccc(/C=C2/NC(=S)N(C3CC3)C2=O)cc1COc1ccccc1F. The van der Waals surface area contributed by atoms with Crippen molar-refractivity contribution in [2.45, 2.75) is 25.5 Å². The molecular weight excluding hydrogens is 379 g/mol. The summed E-state index contributed by atoms with van der Waals surface area (Å²) in [6.45, 7) is 0.134. The molecule has 1 aliphatic heterocycles. The number of carbonyl (C=O) groups excluding carboxylic acids is 1. The maximum atomic E-state index is 13.8. The van der Waals surface area contributed by atoms with Crippen molar-refractivity contribution in [3.63, 3.8) is 0 Å². The van der Waals surface area contributed by atoms with Crippen LogP contribution in [0.15, 0.2) is 48.2 Å². The van der Waals surface area contributed by atoms with Gasteiger partial charge >= 0.3 is 0 Å². The average molecular weight is 398 g/mol. The second kappa shape index (κ2) is 7.59. The number of carbonyl (C=O) groups is 1. The number of ether oxygens (including phenoxy) is 2. The molecule has 0 aromatic heterocycles. The van der Waals surface area contributed by atoms with Crippen LogP contribution in [0.5, 0.6) is 11.5 Å². The van der Waals surface area contributed by atoms with E-state index in [1.165, 1.54) is 6.07 Å². The second-order valence-electron chi connectivity index (χ2n) is 6.68. The number of hydrogen-bond acceptors (Lipinski definition) is 4. The molecule has 1 saturated heterocycles. The van der Waals surface area contributed by atoms with Crippen LogP contribution < -0.4 is 14.8 Å². The first-order valence-corrected chi connectivity index (χ1v) is 9.38. The van der Waals surface area contributed by atoms with E-state index in [1.807, 2.05) is 12.1 Å². The number of rotatable bonds is 6. The summed E-state index contributed by atoms with van der Waals surface area (Å²) in [5.41, 5.74) is 1.99. The maximum Gasteiger partial charge on any atom is 0.276 e. The molecule has 144 valence electrons. The zero-order valence-corrected chi connectivity index (χ0v) is 16.1. The van der Waals surface area contributed by atoms with Gasteiger partial charge in [-0.3, -0.25) is 9.69 Å². The van der Waals surface area contributed by atoms with E-state index < -0.39 is 5.82 Å². The lowest BCUT2D eigenvalue weighted by Crippen LogP contribution is -2.32. The number of nitrogens with zero attached hydrogens (tertiary/aromatic N) is 1. The maximum absolute atomic E-state index is 13.8. The van der Waals surface area contributed by atoms with Crippen molar-refractivity contribution in [3.8, 4) is 11.5 Å². The Bertz CT molecular complexity index is 972. The third-order valence-electron chi connectivity index (χ3n) is 4.66. The first-order valence-electron chi connectivity index (χ1n) is 8.97. The Kier molecular flexibility index (Phi) is 5.00. The summed E-state index contributed by atoms with van der Waals surface area (Å²) in [5.74, 6) is 0.271. The summed E-state index contributed by atoms with van der Waals surface area (Å²) in [6.07, 6.45) is 3.73. The van der Waals surface area contributed by atoms with Gasteiger partial charge in [0.1, 0.15) is 18.1 Å². The summed E-state index contributed by atoms with van der Waals surface area (Å²) in [7, 11) is 1.56. The fraction of sp³-hybridized carbons (Fsp3) is 0.238. The molecule has 0 spiro atoms. The predicted molar refractivity (Wildman–Crippen MR) is 107 cm³/mol. The molecule has 5 nitrogen and oxygen atoms in total. The lowest BCUT2D eigenvalue weighted by atomic mass is 10.1. The summed E-state index contributed by atoms with van der Waals surface area (Å²) in [5, 5.41) is 3.45. The molecule has 2 fully saturated rings. The molecule has 2 aromatic carbocycles. The van der Waals surface area contributed by atoms with Crippen molar-refractivity contribution in [2.75, 3.05) is 7.11 Å². The molecular formula is C21H19FN2O3S. The van der Waals surface area contributed by atoms with Crippen molar-refractivity contribution in [1.82, 2.24) is 10.2 Å². The lowest BCUT2D eigenvalue weighted by molar-refractivity contribution is -0.122. The lowest BCUT2D eigenvalue weighted by Gasteiger charge is -2.12. The number of benzene rings is 2. The Morgan fingerprint density at radius 2 is 2.04 bits per heavy atom. The fourth-order valence-electron chi connectivity index (χ4n) is 3.10. The zero-order valence-electron chi connectivity index (χ0n) is 15.3. The minimum atomic E-state index is -0.422. The molecule has 0 bridgehead atoms. The second-order valence-corrected chi connectivity index (χ2v) is 7.07. The van der Waals surface area contributed by atoms with Gasteiger partial charge in [0.15, 0.2) is 16.7 Å². The number of amides is 1. The van der Waals surface area contributed by atoms with E-state index >= 15 is 0 Å². The summed E-state index contributed by atoms with van der Waals surface area (Å²) in [4.78, 5) is 14.2. The van der Waals surface area contributed by atoms with Crippen LogP contribution in [-0.2, 0) is 11.4 Å².